The first-order chi connectivity index (χ1) is 12.1. The lowest BCUT2D eigenvalue weighted by atomic mass is 10.2. The van der Waals surface area contributed by atoms with Crippen molar-refractivity contribution < 1.29 is 9.72 Å². The quantitative estimate of drug-likeness (QED) is 0.539. The van der Waals surface area contributed by atoms with Crippen molar-refractivity contribution in [1.82, 2.24) is 9.97 Å². The van der Waals surface area contributed by atoms with Crippen molar-refractivity contribution in [2.24, 2.45) is 0 Å². The molecule has 0 aliphatic carbocycles. The summed E-state index contributed by atoms with van der Waals surface area (Å²) in [5.74, 6) is 0.239. The van der Waals surface area contributed by atoms with E-state index >= 15 is 0 Å². The van der Waals surface area contributed by atoms with Crippen molar-refractivity contribution in [3.8, 4) is 11.4 Å². The minimum Gasteiger partial charge on any atom is -0.311 e. The SMILES string of the molecule is CN(C(=O)c1cnc(-c2ccccc2)nc1)c1ccc([N+](=O)[O-])cc1. The second-order valence-electron chi connectivity index (χ2n) is 5.30. The van der Waals surface area contributed by atoms with Crippen molar-refractivity contribution in [1.29, 1.82) is 0 Å². The predicted octanol–water partition coefficient (Wildman–Crippen LogP) is 3.33. The first-order valence-corrected chi connectivity index (χ1v) is 7.46. The van der Waals surface area contributed by atoms with E-state index in [0.717, 1.165) is 5.56 Å². The number of nitro groups is 1. The summed E-state index contributed by atoms with van der Waals surface area (Å²) in [4.78, 5) is 32.6. The number of nitrogens with zero attached hydrogens (tertiary/aromatic N) is 4. The van der Waals surface area contributed by atoms with E-state index in [0.29, 0.717) is 17.1 Å². The highest BCUT2D eigenvalue weighted by Crippen LogP contribution is 2.20. The molecule has 0 N–H and O–H groups in total. The lowest BCUT2D eigenvalue weighted by molar-refractivity contribution is -0.384. The summed E-state index contributed by atoms with van der Waals surface area (Å²) in [7, 11) is 1.59. The van der Waals surface area contributed by atoms with Crippen LogP contribution in [0.3, 0.4) is 0 Å². The van der Waals surface area contributed by atoms with Crippen LogP contribution in [0.4, 0.5) is 11.4 Å². The second kappa shape index (κ2) is 6.88. The Morgan fingerprint density at radius 3 is 2.16 bits per heavy atom. The molecule has 0 aliphatic heterocycles. The van der Waals surface area contributed by atoms with Gasteiger partial charge >= 0.3 is 0 Å². The highest BCUT2D eigenvalue weighted by atomic mass is 16.6. The molecule has 25 heavy (non-hydrogen) atoms. The van der Waals surface area contributed by atoms with E-state index in [-0.39, 0.29) is 11.6 Å². The van der Waals surface area contributed by atoms with Gasteiger partial charge in [0.25, 0.3) is 11.6 Å². The Hall–Kier alpha value is -3.61. The fraction of sp³-hybridized carbons (Fsp3) is 0.0556. The van der Waals surface area contributed by atoms with Crippen LogP contribution < -0.4 is 4.90 Å². The van der Waals surface area contributed by atoms with Gasteiger partial charge in [0.1, 0.15) is 0 Å². The zero-order valence-corrected chi connectivity index (χ0v) is 13.4. The number of amides is 1. The maximum Gasteiger partial charge on any atom is 0.269 e. The molecule has 1 heterocycles. The molecule has 3 rings (SSSR count). The van der Waals surface area contributed by atoms with Gasteiger partial charge in [-0.25, -0.2) is 9.97 Å². The number of benzene rings is 2. The average molecular weight is 334 g/mol. The largest absolute Gasteiger partial charge is 0.311 e. The molecule has 0 atom stereocenters. The summed E-state index contributed by atoms with van der Waals surface area (Å²) < 4.78 is 0. The molecule has 0 bridgehead atoms. The lowest BCUT2D eigenvalue weighted by Gasteiger charge is -2.17. The van der Waals surface area contributed by atoms with Gasteiger partial charge in [-0.15, -0.1) is 0 Å². The molecular formula is C18H14N4O3. The standard InChI is InChI=1S/C18H14N4O3/c1-21(15-7-9-16(10-8-15)22(24)25)18(23)14-11-19-17(20-12-14)13-5-3-2-4-6-13/h2-12H,1H3. The maximum atomic E-state index is 12.5. The summed E-state index contributed by atoms with van der Waals surface area (Å²) in [5.41, 5.74) is 1.72. The molecule has 124 valence electrons. The number of hydrogen-bond donors (Lipinski definition) is 0. The Labute approximate surface area is 143 Å². The zero-order chi connectivity index (χ0) is 17.8. The first-order valence-electron chi connectivity index (χ1n) is 7.46. The van der Waals surface area contributed by atoms with Crippen LogP contribution in [-0.2, 0) is 0 Å². The minimum atomic E-state index is -0.484. The van der Waals surface area contributed by atoms with Gasteiger partial charge in [-0.05, 0) is 12.1 Å². The minimum absolute atomic E-state index is 0.0276. The van der Waals surface area contributed by atoms with Gasteiger partial charge < -0.3 is 4.90 Å². The van der Waals surface area contributed by atoms with Crippen molar-refractivity contribution in [3.05, 3.63) is 82.7 Å². The number of aromatic nitrogens is 2. The summed E-state index contributed by atoms with van der Waals surface area (Å²) in [6.45, 7) is 0. The second-order valence-corrected chi connectivity index (χ2v) is 5.30. The topological polar surface area (TPSA) is 89.2 Å². The molecule has 7 heteroatoms. The number of anilines is 1. The molecule has 0 spiro atoms. The van der Waals surface area contributed by atoms with Crippen LogP contribution in [0.25, 0.3) is 11.4 Å². The number of rotatable bonds is 4. The Bertz CT molecular complexity index is 894. The number of non-ortho nitro benzene ring substituents is 1. The molecular weight excluding hydrogens is 320 g/mol. The molecule has 0 radical (unpaired) electrons. The van der Waals surface area contributed by atoms with E-state index in [2.05, 4.69) is 9.97 Å². The van der Waals surface area contributed by atoms with E-state index in [9.17, 15) is 14.9 Å². The fourth-order valence-corrected chi connectivity index (χ4v) is 2.28. The highest BCUT2D eigenvalue weighted by molar-refractivity contribution is 6.05. The van der Waals surface area contributed by atoms with Crippen LogP contribution in [0, 0.1) is 10.1 Å². The number of nitro benzene ring substituents is 1. The van der Waals surface area contributed by atoms with Crippen molar-refractivity contribution >= 4 is 17.3 Å². The van der Waals surface area contributed by atoms with Gasteiger partial charge in [0.05, 0.1) is 10.5 Å². The fourth-order valence-electron chi connectivity index (χ4n) is 2.28. The third-order valence-corrected chi connectivity index (χ3v) is 3.68. The van der Waals surface area contributed by atoms with E-state index in [1.807, 2.05) is 30.3 Å². The monoisotopic (exact) mass is 334 g/mol. The van der Waals surface area contributed by atoms with E-state index in [1.165, 1.54) is 41.6 Å². The van der Waals surface area contributed by atoms with Crippen molar-refractivity contribution in [2.75, 3.05) is 11.9 Å². The third-order valence-electron chi connectivity index (χ3n) is 3.68. The van der Waals surface area contributed by atoms with Crippen molar-refractivity contribution in [2.45, 2.75) is 0 Å². The molecule has 1 amide bonds. The summed E-state index contributed by atoms with van der Waals surface area (Å²) >= 11 is 0. The Morgan fingerprint density at radius 2 is 1.60 bits per heavy atom. The molecule has 0 saturated heterocycles. The average Bonchev–Trinajstić information content (AvgIpc) is 2.67. The van der Waals surface area contributed by atoms with Gasteiger partial charge in [0, 0.05) is 42.8 Å². The highest BCUT2D eigenvalue weighted by Gasteiger charge is 2.16. The molecule has 1 aromatic heterocycles. The molecule has 0 saturated carbocycles. The summed E-state index contributed by atoms with van der Waals surface area (Å²) in [6.07, 6.45) is 2.94. The first kappa shape index (κ1) is 16.3. The summed E-state index contributed by atoms with van der Waals surface area (Å²) in [5, 5.41) is 10.7. The van der Waals surface area contributed by atoms with E-state index in [4.69, 9.17) is 0 Å². The smallest absolute Gasteiger partial charge is 0.269 e. The van der Waals surface area contributed by atoms with Gasteiger partial charge in [-0.2, -0.15) is 0 Å². The molecule has 0 aliphatic rings. The van der Waals surface area contributed by atoms with E-state index in [1.54, 1.807) is 7.05 Å². The van der Waals surface area contributed by atoms with Crippen LogP contribution in [0.15, 0.2) is 67.0 Å². The Balaban J connectivity index is 1.79. The van der Waals surface area contributed by atoms with Crippen molar-refractivity contribution in [3.63, 3.8) is 0 Å². The van der Waals surface area contributed by atoms with Gasteiger partial charge in [-0.1, -0.05) is 30.3 Å². The molecule has 7 nitrogen and oxygen atoms in total. The molecule has 0 fully saturated rings. The van der Waals surface area contributed by atoms with E-state index < -0.39 is 4.92 Å². The lowest BCUT2D eigenvalue weighted by Crippen LogP contribution is -2.26. The predicted molar refractivity (Wildman–Crippen MR) is 93.3 cm³/mol. The van der Waals surface area contributed by atoms with Crippen LogP contribution in [0.2, 0.25) is 0 Å². The zero-order valence-electron chi connectivity index (χ0n) is 13.4. The summed E-state index contributed by atoms with van der Waals surface area (Å²) in [6, 6.07) is 15.2. The van der Waals surface area contributed by atoms with Gasteiger partial charge in [0.2, 0.25) is 0 Å². The van der Waals surface area contributed by atoms with Crippen LogP contribution in [0.1, 0.15) is 10.4 Å². The van der Waals surface area contributed by atoms with Gasteiger partial charge in [-0.3, -0.25) is 14.9 Å². The molecule has 2 aromatic carbocycles. The maximum absolute atomic E-state index is 12.5. The number of carbonyl (C=O) groups excluding carboxylic acids is 1. The molecule has 3 aromatic rings. The number of hydrogen-bond acceptors (Lipinski definition) is 5. The van der Waals surface area contributed by atoms with Crippen LogP contribution >= 0.6 is 0 Å². The number of carbonyl (C=O) groups is 1. The van der Waals surface area contributed by atoms with Crippen LogP contribution in [0.5, 0.6) is 0 Å². The normalized spacial score (nSPS) is 10.3. The Morgan fingerprint density at radius 1 is 1.00 bits per heavy atom. The molecule has 0 unspecified atom stereocenters. The third kappa shape index (κ3) is 3.50. The van der Waals surface area contributed by atoms with Gasteiger partial charge in [0.15, 0.2) is 5.82 Å². The Kier molecular flexibility index (Phi) is 4.47. The van der Waals surface area contributed by atoms with Crippen LogP contribution in [-0.4, -0.2) is 27.8 Å².